The van der Waals surface area contributed by atoms with Gasteiger partial charge < -0.3 is 4.74 Å². The number of benzene rings is 2. The van der Waals surface area contributed by atoms with Crippen LogP contribution in [0.15, 0.2) is 53.4 Å². The van der Waals surface area contributed by atoms with Crippen molar-refractivity contribution >= 4 is 38.2 Å². The van der Waals surface area contributed by atoms with Gasteiger partial charge in [-0.1, -0.05) is 18.2 Å². The Morgan fingerprint density at radius 1 is 1.23 bits per heavy atom. The van der Waals surface area contributed by atoms with Crippen molar-refractivity contribution in [1.82, 2.24) is 0 Å². The average molecular weight is 399 g/mol. The lowest BCUT2D eigenvalue weighted by atomic mass is 10.2. The van der Waals surface area contributed by atoms with Gasteiger partial charge in [-0.3, -0.25) is 19.2 Å². The van der Waals surface area contributed by atoms with Gasteiger partial charge in [0.15, 0.2) is 0 Å². The molecule has 0 amide bonds. The number of methoxy groups -OCH3 is 1. The maximum atomic E-state index is 13.1. The quantitative estimate of drug-likeness (QED) is 0.403. The van der Waals surface area contributed by atoms with Crippen LogP contribution in [0.5, 0.6) is 5.75 Å². The predicted octanol–water partition coefficient (Wildman–Crippen LogP) is 2.95. The summed E-state index contributed by atoms with van der Waals surface area (Å²) >= 11 is 5.54. The molecule has 0 fully saturated rings. The van der Waals surface area contributed by atoms with Crippen LogP contribution in [0.3, 0.4) is 0 Å². The lowest BCUT2D eigenvalue weighted by Crippen LogP contribution is -2.42. The third-order valence-electron chi connectivity index (χ3n) is 3.59. The van der Waals surface area contributed by atoms with Crippen molar-refractivity contribution in [3.63, 3.8) is 0 Å². The van der Waals surface area contributed by atoms with Gasteiger partial charge in [0.05, 0.1) is 16.9 Å². The van der Waals surface area contributed by atoms with E-state index in [4.69, 9.17) is 16.3 Å². The van der Waals surface area contributed by atoms with Gasteiger partial charge in [-0.25, -0.2) is 8.42 Å². The number of ether oxygens (including phenoxy) is 1. The number of hydrogen-bond donors (Lipinski definition) is 0. The summed E-state index contributed by atoms with van der Waals surface area (Å²) in [6.07, 6.45) is 0. The second kappa shape index (κ2) is 7.71. The van der Waals surface area contributed by atoms with E-state index in [1.165, 1.54) is 50.4 Å². The van der Waals surface area contributed by atoms with Gasteiger partial charge in [-0.05, 0) is 36.7 Å². The standard InChI is InChI=1S/C16H15ClN2O6S/c1-11(16(17)20)18(26(23,24)13-6-4-3-5-7-13)14-10-12(19(21)22)8-9-15(14)25-2/h3-11H,1-2H3. The molecule has 1 unspecified atom stereocenters. The smallest absolute Gasteiger partial charge is 0.271 e. The molecule has 8 nitrogen and oxygen atoms in total. The zero-order valence-corrected chi connectivity index (χ0v) is 15.4. The number of rotatable bonds is 7. The van der Waals surface area contributed by atoms with E-state index >= 15 is 0 Å². The monoisotopic (exact) mass is 398 g/mol. The fourth-order valence-corrected chi connectivity index (χ4v) is 4.11. The molecule has 2 aromatic rings. The maximum Gasteiger partial charge on any atom is 0.271 e. The molecule has 10 heteroatoms. The summed E-state index contributed by atoms with van der Waals surface area (Å²) in [4.78, 5) is 22.1. The van der Waals surface area contributed by atoms with Crippen LogP contribution in [0.1, 0.15) is 6.92 Å². The first-order valence-electron chi connectivity index (χ1n) is 7.31. The minimum atomic E-state index is -4.25. The predicted molar refractivity (Wildman–Crippen MR) is 96.1 cm³/mol. The molecule has 2 rings (SSSR count). The van der Waals surface area contributed by atoms with Crippen molar-refractivity contribution in [2.75, 3.05) is 11.4 Å². The van der Waals surface area contributed by atoms with Crippen LogP contribution in [0.4, 0.5) is 11.4 Å². The highest BCUT2D eigenvalue weighted by Gasteiger charge is 2.35. The SMILES string of the molecule is COc1ccc([N+](=O)[O-])cc1N(C(C)C(=O)Cl)S(=O)(=O)c1ccccc1. The van der Waals surface area contributed by atoms with Gasteiger partial charge in [-0.2, -0.15) is 0 Å². The Kier molecular flexibility index (Phi) is 5.83. The lowest BCUT2D eigenvalue weighted by molar-refractivity contribution is -0.384. The lowest BCUT2D eigenvalue weighted by Gasteiger charge is -2.29. The summed E-state index contributed by atoms with van der Waals surface area (Å²) < 4.78 is 32.1. The topological polar surface area (TPSA) is 107 Å². The molecule has 0 saturated heterocycles. The fraction of sp³-hybridized carbons (Fsp3) is 0.188. The van der Waals surface area contributed by atoms with Gasteiger partial charge in [0.25, 0.3) is 15.7 Å². The zero-order chi connectivity index (χ0) is 19.5. The summed E-state index contributed by atoms with van der Waals surface area (Å²) in [6, 6.07) is 9.48. The number of sulfonamides is 1. The number of carbonyl (C=O) groups is 1. The van der Waals surface area contributed by atoms with Gasteiger partial charge in [0.1, 0.15) is 17.5 Å². The van der Waals surface area contributed by atoms with Gasteiger partial charge in [0.2, 0.25) is 5.24 Å². The molecule has 0 bridgehead atoms. The van der Waals surface area contributed by atoms with Crippen LogP contribution in [-0.4, -0.2) is 31.7 Å². The van der Waals surface area contributed by atoms with E-state index in [-0.39, 0.29) is 22.0 Å². The highest BCUT2D eigenvalue weighted by molar-refractivity contribution is 7.93. The Balaban J connectivity index is 2.77. The molecular formula is C16H15ClN2O6S. The van der Waals surface area contributed by atoms with Crippen LogP contribution in [0.2, 0.25) is 0 Å². The van der Waals surface area contributed by atoms with E-state index in [2.05, 4.69) is 0 Å². The number of nitrogens with zero attached hydrogens (tertiary/aromatic N) is 2. The largest absolute Gasteiger partial charge is 0.495 e. The summed E-state index contributed by atoms with van der Waals surface area (Å²) in [5.74, 6) is 0.0415. The number of halogens is 1. The molecule has 1 atom stereocenters. The molecular weight excluding hydrogens is 384 g/mol. The minimum absolute atomic E-state index is 0.0415. The summed E-state index contributed by atoms with van der Waals surface area (Å²) in [7, 11) is -2.97. The van der Waals surface area contributed by atoms with E-state index in [9.17, 15) is 23.3 Å². The maximum absolute atomic E-state index is 13.1. The van der Waals surface area contributed by atoms with Crippen molar-refractivity contribution in [3.05, 3.63) is 58.6 Å². The molecule has 26 heavy (non-hydrogen) atoms. The van der Waals surface area contributed by atoms with Crippen molar-refractivity contribution in [3.8, 4) is 5.75 Å². The Hall–Kier alpha value is -2.65. The summed E-state index contributed by atoms with van der Waals surface area (Å²) in [5.41, 5.74) is -0.518. The molecule has 0 aromatic heterocycles. The molecule has 0 heterocycles. The second-order valence-electron chi connectivity index (χ2n) is 5.21. The van der Waals surface area contributed by atoms with E-state index in [1.54, 1.807) is 6.07 Å². The molecule has 0 N–H and O–H groups in total. The summed E-state index contributed by atoms with van der Waals surface area (Å²) in [6.45, 7) is 1.29. The number of hydrogen-bond acceptors (Lipinski definition) is 6. The summed E-state index contributed by atoms with van der Waals surface area (Å²) in [5, 5.41) is 10.2. The molecule has 0 aliphatic heterocycles. The number of carbonyl (C=O) groups excluding carboxylic acids is 1. The molecule has 138 valence electrons. The van der Waals surface area contributed by atoms with E-state index in [0.29, 0.717) is 0 Å². The van der Waals surface area contributed by atoms with Crippen molar-refractivity contribution in [2.45, 2.75) is 17.9 Å². The molecule has 0 aliphatic rings. The normalized spacial score (nSPS) is 12.3. The number of anilines is 1. The number of non-ortho nitro benzene ring substituents is 1. The first-order chi connectivity index (χ1) is 12.2. The van der Waals surface area contributed by atoms with Crippen LogP contribution in [-0.2, 0) is 14.8 Å². The third kappa shape index (κ3) is 3.78. The molecule has 0 saturated carbocycles. The van der Waals surface area contributed by atoms with Crippen molar-refractivity contribution in [2.24, 2.45) is 0 Å². The Bertz CT molecular complexity index is 933. The van der Waals surface area contributed by atoms with E-state index in [0.717, 1.165) is 10.4 Å². The van der Waals surface area contributed by atoms with Crippen molar-refractivity contribution in [1.29, 1.82) is 0 Å². The Morgan fingerprint density at radius 2 is 1.85 bits per heavy atom. The number of nitro benzene ring substituents is 1. The number of nitro groups is 1. The Labute approximate surface area is 155 Å². The van der Waals surface area contributed by atoms with Crippen LogP contribution in [0, 0.1) is 10.1 Å². The first kappa shape index (κ1) is 19.7. The minimum Gasteiger partial charge on any atom is -0.495 e. The molecule has 0 aliphatic carbocycles. The highest BCUT2D eigenvalue weighted by atomic mass is 35.5. The molecule has 0 spiro atoms. The van der Waals surface area contributed by atoms with E-state index in [1.807, 2.05) is 0 Å². The average Bonchev–Trinajstić information content (AvgIpc) is 2.62. The molecule has 2 aromatic carbocycles. The van der Waals surface area contributed by atoms with Gasteiger partial charge in [0, 0.05) is 12.1 Å². The molecule has 0 radical (unpaired) electrons. The second-order valence-corrected chi connectivity index (χ2v) is 7.39. The van der Waals surface area contributed by atoms with Crippen LogP contribution < -0.4 is 9.04 Å². The zero-order valence-electron chi connectivity index (χ0n) is 13.8. The van der Waals surface area contributed by atoms with Gasteiger partial charge in [-0.15, -0.1) is 0 Å². The van der Waals surface area contributed by atoms with Gasteiger partial charge >= 0.3 is 0 Å². The van der Waals surface area contributed by atoms with Crippen molar-refractivity contribution < 1.29 is 22.9 Å². The van der Waals surface area contributed by atoms with Crippen LogP contribution >= 0.6 is 11.6 Å². The first-order valence-corrected chi connectivity index (χ1v) is 9.13. The third-order valence-corrected chi connectivity index (χ3v) is 5.81. The Morgan fingerprint density at radius 3 is 2.35 bits per heavy atom. The van der Waals surface area contributed by atoms with Crippen LogP contribution in [0.25, 0.3) is 0 Å². The fourth-order valence-electron chi connectivity index (χ4n) is 2.31. The van der Waals surface area contributed by atoms with E-state index < -0.39 is 26.2 Å². The highest BCUT2D eigenvalue weighted by Crippen LogP contribution is 2.37.